The van der Waals surface area contributed by atoms with E-state index in [0.717, 1.165) is 5.92 Å². The van der Waals surface area contributed by atoms with Gasteiger partial charge in [-0.15, -0.1) is 6.42 Å². The van der Waals surface area contributed by atoms with E-state index in [-0.39, 0.29) is 0 Å². The molecule has 1 rings (SSSR count). The van der Waals surface area contributed by atoms with Crippen LogP contribution in [0.4, 0.5) is 0 Å². The lowest BCUT2D eigenvalue weighted by Gasteiger charge is -2.24. The van der Waals surface area contributed by atoms with Crippen LogP contribution in [0.5, 0.6) is 0 Å². The van der Waals surface area contributed by atoms with Crippen molar-refractivity contribution in [3.63, 3.8) is 0 Å². The Morgan fingerprint density at radius 2 is 2.08 bits per heavy atom. The van der Waals surface area contributed by atoms with Gasteiger partial charge in [0.1, 0.15) is 0 Å². The van der Waals surface area contributed by atoms with Crippen LogP contribution in [0.1, 0.15) is 45.4 Å². The van der Waals surface area contributed by atoms with Crippen molar-refractivity contribution in [1.29, 1.82) is 0 Å². The number of hydrogen-bond acceptors (Lipinski definition) is 1. The summed E-state index contributed by atoms with van der Waals surface area (Å²) in [4.78, 5) is 0. The van der Waals surface area contributed by atoms with Crippen LogP contribution in [0.3, 0.4) is 0 Å². The maximum absolute atomic E-state index is 5.20. The van der Waals surface area contributed by atoms with E-state index in [4.69, 9.17) is 6.42 Å². The Kier molecular flexibility index (Phi) is 4.93. The Hall–Kier alpha value is -0.480. The van der Waals surface area contributed by atoms with E-state index in [1.165, 1.54) is 38.5 Å². The highest BCUT2D eigenvalue weighted by Gasteiger charge is 2.15. The molecule has 13 heavy (non-hydrogen) atoms. The van der Waals surface area contributed by atoms with Gasteiger partial charge in [-0.2, -0.15) is 0 Å². The van der Waals surface area contributed by atoms with E-state index in [0.29, 0.717) is 12.6 Å². The second kappa shape index (κ2) is 6.05. The molecule has 1 fully saturated rings. The molecule has 0 aromatic carbocycles. The molecular formula is C12H21N. The van der Waals surface area contributed by atoms with Crippen LogP contribution in [0, 0.1) is 18.3 Å². The minimum Gasteiger partial charge on any atom is -0.304 e. The zero-order chi connectivity index (χ0) is 9.52. The summed E-state index contributed by atoms with van der Waals surface area (Å²) in [6.45, 7) is 2.96. The maximum Gasteiger partial charge on any atom is 0.0575 e. The smallest absolute Gasteiger partial charge is 0.0575 e. The summed E-state index contributed by atoms with van der Waals surface area (Å²) in [5.74, 6) is 3.58. The second-order valence-electron chi connectivity index (χ2n) is 4.23. The Morgan fingerprint density at radius 1 is 1.38 bits per heavy atom. The normalized spacial score (nSPS) is 20.9. The highest BCUT2D eigenvalue weighted by atomic mass is 14.9. The predicted octanol–water partition coefficient (Wildman–Crippen LogP) is 2.57. The predicted molar refractivity (Wildman–Crippen MR) is 57.5 cm³/mol. The lowest BCUT2D eigenvalue weighted by atomic mass is 9.85. The average molecular weight is 179 g/mol. The Bertz CT molecular complexity index is 162. The minimum absolute atomic E-state index is 0.596. The van der Waals surface area contributed by atoms with Crippen LogP contribution in [0.15, 0.2) is 0 Å². The van der Waals surface area contributed by atoms with Crippen molar-refractivity contribution in [1.82, 2.24) is 5.32 Å². The molecule has 1 nitrogen and oxygen atoms in total. The molecule has 0 saturated heterocycles. The topological polar surface area (TPSA) is 12.0 Å². The fraction of sp³-hybridized carbons (Fsp3) is 0.833. The maximum atomic E-state index is 5.20. The molecule has 0 bridgehead atoms. The zero-order valence-electron chi connectivity index (χ0n) is 8.68. The molecule has 0 amide bonds. The average Bonchev–Trinajstić information content (AvgIpc) is 2.16. The molecule has 1 atom stereocenters. The van der Waals surface area contributed by atoms with Crippen LogP contribution >= 0.6 is 0 Å². The van der Waals surface area contributed by atoms with Gasteiger partial charge in [-0.25, -0.2) is 0 Å². The highest BCUT2D eigenvalue weighted by molar-refractivity contribution is 4.87. The Balaban J connectivity index is 2.11. The first-order chi connectivity index (χ1) is 6.33. The molecule has 0 spiro atoms. The van der Waals surface area contributed by atoms with Crippen molar-refractivity contribution in [3.8, 4) is 12.3 Å². The van der Waals surface area contributed by atoms with Crippen LogP contribution in [-0.4, -0.2) is 12.6 Å². The third-order valence-electron chi connectivity index (χ3n) is 2.96. The van der Waals surface area contributed by atoms with E-state index in [2.05, 4.69) is 18.2 Å². The highest BCUT2D eigenvalue weighted by Crippen LogP contribution is 2.27. The largest absolute Gasteiger partial charge is 0.304 e. The summed E-state index contributed by atoms with van der Waals surface area (Å²) in [5, 5.41) is 3.34. The SMILES string of the molecule is C#CCNC(C)CC1CCCCC1. The number of terminal acetylenes is 1. The molecule has 1 N–H and O–H groups in total. The first-order valence-corrected chi connectivity index (χ1v) is 5.49. The van der Waals surface area contributed by atoms with Crippen LogP contribution < -0.4 is 5.32 Å². The van der Waals surface area contributed by atoms with Gasteiger partial charge in [0.05, 0.1) is 6.54 Å². The lowest BCUT2D eigenvalue weighted by molar-refractivity contribution is 0.309. The monoisotopic (exact) mass is 179 g/mol. The van der Waals surface area contributed by atoms with Gasteiger partial charge in [-0.1, -0.05) is 38.0 Å². The summed E-state index contributed by atoms with van der Waals surface area (Å²) in [6, 6.07) is 0.596. The van der Waals surface area contributed by atoms with Crippen LogP contribution in [0.2, 0.25) is 0 Å². The molecule has 1 unspecified atom stereocenters. The number of hydrogen-bond donors (Lipinski definition) is 1. The van der Waals surface area contributed by atoms with E-state index >= 15 is 0 Å². The second-order valence-corrected chi connectivity index (χ2v) is 4.23. The molecule has 0 radical (unpaired) electrons. The van der Waals surface area contributed by atoms with E-state index in [1.807, 2.05) is 0 Å². The third kappa shape index (κ3) is 4.33. The number of rotatable bonds is 4. The Morgan fingerprint density at radius 3 is 2.69 bits per heavy atom. The van der Waals surface area contributed by atoms with Gasteiger partial charge in [-0.05, 0) is 19.3 Å². The van der Waals surface area contributed by atoms with Gasteiger partial charge >= 0.3 is 0 Å². The third-order valence-corrected chi connectivity index (χ3v) is 2.96. The van der Waals surface area contributed by atoms with Gasteiger partial charge in [0.2, 0.25) is 0 Å². The molecule has 1 saturated carbocycles. The van der Waals surface area contributed by atoms with Crippen molar-refractivity contribution in [2.75, 3.05) is 6.54 Å². The fourth-order valence-electron chi connectivity index (χ4n) is 2.24. The molecule has 1 aliphatic rings. The molecule has 74 valence electrons. The minimum atomic E-state index is 0.596. The molecule has 0 aliphatic heterocycles. The van der Waals surface area contributed by atoms with E-state index in [9.17, 15) is 0 Å². The van der Waals surface area contributed by atoms with Crippen LogP contribution in [-0.2, 0) is 0 Å². The van der Waals surface area contributed by atoms with Crippen molar-refractivity contribution < 1.29 is 0 Å². The first-order valence-electron chi connectivity index (χ1n) is 5.49. The molecule has 0 aromatic rings. The summed E-state index contributed by atoms with van der Waals surface area (Å²) < 4.78 is 0. The number of nitrogens with one attached hydrogen (secondary N) is 1. The Labute approximate surface area is 82.3 Å². The van der Waals surface area contributed by atoms with Crippen molar-refractivity contribution in [2.24, 2.45) is 5.92 Å². The van der Waals surface area contributed by atoms with Crippen molar-refractivity contribution in [2.45, 2.75) is 51.5 Å². The standard InChI is InChI=1S/C12H21N/c1-3-9-13-11(2)10-12-7-5-4-6-8-12/h1,11-13H,4-10H2,2H3. The summed E-state index contributed by atoms with van der Waals surface area (Å²) >= 11 is 0. The first kappa shape index (κ1) is 10.6. The summed E-state index contributed by atoms with van der Waals surface area (Å²) in [6.07, 6.45) is 13.7. The molecule has 0 heterocycles. The van der Waals surface area contributed by atoms with Gasteiger partial charge in [0.25, 0.3) is 0 Å². The quantitative estimate of drug-likeness (QED) is 0.654. The summed E-state index contributed by atoms with van der Waals surface area (Å²) in [5.41, 5.74) is 0. The zero-order valence-corrected chi connectivity index (χ0v) is 8.68. The van der Waals surface area contributed by atoms with Crippen LogP contribution in [0.25, 0.3) is 0 Å². The fourth-order valence-corrected chi connectivity index (χ4v) is 2.24. The molecule has 1 heteroatoms. The summed E-state index contributed by atoms with van der Waals surface area (Å²) in [7, 11) is 0. The van der Waals surface area contributed by atoms with Gasteiger partial charge < -0.3 is 5.32 Å². The van der Waals surface area contributed by atoms with Crippen molar-refractivity contribution >= 4 is 0 Å². The lowest BCUT2D eigenvalue weighted by Crippen LogP contribution is -2.29. The van der Waals surface area contributed by atoms with E-state index < -0.39 is 0 Å². The van der Waals surface area contributed by atoms with Gasteiger partial charge in [-0.3, -0.25) is 0 Å². The van der Waals surface area contributed by atoms with E-state index in [1.54, 1.807) is 0 Å². The molecule has 1 aliphatic carbocycles. The van der Waals surface area contributed by atoms with Crippen molar-refractivity contribution in [3.05, 3.63) is 0 Å². The van der Waals surface area contributed by atoms with Gasteiger partial charge in [0.15, 0.2) is 0 Å². The molecular weight excluding hydrogens is 158 g/mol. The molecule has 0 aromatic heterocycles. The van der Waals surface area contributed by atoms with Gasteiger partial charge in [0, 0.05) is 6.04 Å².